The van der Waals surface area contributed by atoms with Gasteiger partial charge in [0.05, 0.1) is 22.3 Å². The van der Waals surface area contributed by atoms with Crippen molar-refractivity contribution in [2.24, 2.45) is 0 Å². The summed E-state index contributed by atoms with van der Waals surface area (Å²) in [6.45, 7) is 0. The van der Waals surface area contributed by atoms with Gasteiger partial charge in [0.25, 0.3) is 0 Å². The second kappa shape index (κ2) is 11.9. The Morgan fingerprint density at radius 3 is 1.63 bits per heavy atom. The highest BCUT2D eigenvalue weighted by Gasteiger charge is 2.52. The van der Waals surface area contributed by atoms with Gasteiger partial charge in [-0.05, 0) is 40.5 Å². The van der Waals surface area contributed by atoms with Gasteiger partial charge in [-0.15, -0.1) is 0 Å². The lowest BCUT2D eigenvalue weighted by Gasteiger charge is -2.40. The third-order valence-electron chi connectivity index (χ3n) is 11.0. The zero-order valence-electron chi connectivity index (χ0n) is 29.1. The molecule has 4 heteroatoms. The lowest BCUT2D eigenvalue weighted by Crippen LogP contribution is -2.32. The van der Waals surface area contributed by atoms with Crippen LogP contribution in [0.1, 0.15) is 22.3 Å². The van der Waals surface area contributed by atoms with Crippen LogP contribution in [0.25, 0.3) is 67.1 Å². The molecular weight excluding hydrogens is 659 g/mol. The number of hydrogen-bond acceptors (Lipinski definition) is 4. The number of aromatic nitrogens is 3. The molecule has 0 saturated carbocycles. The van der Waals surface area contributed by atoms with E-state index in [4.69, 9.17) is 19.7 Å². The molecule has 54 heavy (non-hydrogen) atoms. The average Bonchev–Trinajstić information content (AvgIpc) is 3.54. The van der Waals surface area contributed by atoms with Gasteiger partial charge in [0.1, 0.15) is 11.5 Å². The Labute approximate surface area is 313 Å². The Morgan fingerprint density at radius 1 is 0.389 bits per heavy atom. The van der Waals surface area contributed by atoms with Crippen LogP contribution >= 0.6 is 0 Å². The minimum Gasteiger partial charge on any atom is -0.455 e. The lowest BCUT2D eigenvalue weighted by molar-refractivity contribution is 0.439. The number of ether oxygens (including phenoxy) is 1. The molecule has 0 amide bonds. The van der Waals surface area contributed by atoms with E-state index in [1.54, 1.807) is 0 Å². The Kier molecular flexibility index (Phi) is 6.73. The molecule has 0 saturated heterocycles. The van der Waals surface area contributed by atoms with E-state index in [-0.39, 0.29) is 0 Å². The van der Waals surface area contributed by atoms with Crippen molar-refractivity contribution >= 4 is 10.9 Å². The van der Waals surface area contributed by atoms with Crippen molar-refractivity contribution in [2.45, 2.75) is 5.41 Å². The molecule has 2 aliphatic rings. The summed E-state index contributed by atoms with van der Waals surface area (Å²) in [5.41, 5.74) is 14.0. The second-order valence-electron chi connectivity index (χ2n) is 13.9. The highest BCUT2D eigenvalue weighted by Crippen LogP contribution is 2.64. The molecule has 1 aliphatic heterocycles. The van der Waals surface area contributed by atoms with Crippen molar-refractivity contribution in [1.29, 1.82) is 0 Å². The average molecular weight is 690 g/mol. The van der Waals surface area contributed by atoms with Crippen LogP contribution in [0.4, 0.5) is 0 Å². The van der Waals surface area contributed by atoms with Gasteiger partial charge in [-0.25, -0.2) is 9.97 Å². The van der Waals surface area contributed by atoms with Crippen LogP contribution in [0.2, 0.25) is 0 Å². The topological polar surface area (TPSA) is 47.9 Å². The van der Waals surface area contributed by atoms with Crippen molar-refractivity contribution in [1.82, 2.24) is 15.0 Å². The van der Waals surface area contributed by atoms with E-state index >= 15 is 0 Å². The van der Waals surface area contributed by atoms with E-state index in [0.717, 1.165) is 72.7 Å². The molecule has 3 heterocycles. The summed E-state index contributed by atoms with van der Waals surface area (Å²) in [4.78, 5) is 15.3. The summed E-state index contributed by atoms with van der Waals surface area (Å²) < 4.78 is 7.42. The molecule has 7 aromatic carbocycles. The lowest BCUT2D eigenvalue weighted by atomic mass is 9.65. The van der Waals surface area contributed by atoms with E-state index in [1.165, 1.54) is 22.3 Å². The predicted molar refractivity (Wildman–Crippen MR) is 216 cm³/mol. The minimum absolute atomic E-state index is 0.655. The molecule has 1 aliphatic carbocycles. The van der Waals surface area contributed by atoms with Crippen molar-refractivity contribution in [3.63, 3.8) is 0 Å². The Hall–Kier alpha value is -7.17. The van der Waals surface area contributed by atoms with Crippen molar-refractivity contribution in [3.05, 3.63) is 210 Å². The van der Waals surface area contributed by atoms with Crippen molar-refractivity contribution < 1.29 is 4.74 Å². The van der Waals surface area contributed by atoms with Gasteiger partial charge in [-0.1, -0.05) is 164 Å². The van der Waals surface area contributed by atoms with Crippen LogP contribution in [0.5, 0.6) is 11.5 Å². The number of para-hydroxylation sites is 3. The van der Waals surface area contributed by atoms with Gasteiger partial charge in [0.2, 0.25) is 0 Å². The summed E-state index contributed by atoms with van der Waals surface area (Å²) in [5, 5.41) is 1.08. The molecule has 11 rings (SSSR count). The number of hydrogen-bond donors (Lipinski definition) is 0. The SMILES string of the molecule is c1ccc(-c2cc(-c3cccc4c3Oc3c(-c5cccc6cccnc56)cccc3C43c4ccccc4-c4ccccc43)nc(-c3ccccc3)n2)cc1. The fraction of sp³-hybridized carbons (Fsp3) is 0.0200. The largest absolute Gasteiger partial charge is 0.455 e. The van der Waals surface area contributed by atoms with E-state index in [2.05, 4.69) is 140 Å². The maximum Gasteiger partial charge on any atom is 0.160 e. The first-order valence-electron chi connectivity index (χ1n) is 18.3. The molecule has 0 atom stereocenters. The first-order valence-corrected chi connectivity index (χ1v) is 18.3. The number of rotatable bonds is 4. The predicted octanol–water partition coefficient (Wildman–Crippen LogP) is 12.2. The maximum absolute atomic E-state index is 7.42. The zero-order valence-corrected chi connectivity index (χ0v) is 29.1. The third-order valence-corrected chi connectivity index (χ3v) is 11.0. The first-order chi connectivity index (χ1) is 26.8. The molecule has 9 aromatic rings. The van der Waals surface area contributed by atoms with Crippen LogP contribution in [0, 0.1) is 0 Å². The highest BCUT2D eigenvalue weighted by molar-refractivity contribution is 5.98. The number of benzene rings is 7. The maximum atomic E-state index is 7.42. The van der Waals surface area contributed by atoms with Gasteiger partial charge < -0.3 is 4.74 Å². The number of fused-ring (bicyclic) bond motifs is 10. The Morgan fingerprint density at radius 2 is 0.907 bits per heavy atom. The highest BCUT2D eigenvalue weighted by atomic mass is 16.5. The van der Waals surface area contributed by atoms with Gasteiger partial charge in [0.15, 0.2) is 5.82 Å². The van der Waals surface area contributed by atoms with Crippen LogP contribution in [-0.2, 0) is 5.41 Å². The second-order valence-corrected chi connectivity index (χ2v) is 13.9. The Bertz CT molecular complexity index is 2810. The van der Waals surface area contributed by atoms with Crippen LogP contribution in [0.15, 0.2) is 188 Å². The monoisotopic (exact) mass is 689 g/mol. The summed E-state index contributed by atoms with van der Waals surface area (Å²) in [7, 11) is 0. The normalized spacial score (nSPS) is 13.1. The molecule has 1 spiro atoms. The van der Waals surface area contributed by atoms with E-state index < -0.39 is 5.41 Å². The summed E-state index contributed by atoms with van der Waals surface area (Å²) in [6, 6.07) is 63.9. The first kappa shape index (κ1) is 30.5. The smallest absolute Gasteiger partial charge is 0.160 e. The van der Waals surface area contributed by atoms with E-state index in [0.29, 0.717) is 5.82 Å². The number of pyridine rings is 1. The van der Waals surface area contributed by atoms with Crippen molar-refractivity contribution in [3.8, 4) is 67.7 Å². The Balaban J connectivity index is 1.24. The molecule has 0 unspecified atom stereocenters. The van der Waals surface area contributed by atoms with E-state index in [1.807, 2.05) is 48.7 Å². The molecule has 0 radical (unpaired) electrons. The fourth-order valence-electron chi connectivity index (χ4n) is 8.74. The quantitative estimate of drug-likeness (QED) is 0.185. The van der Waals surface area contributed by atoms with Crippen LogP contribution in [0.3, 0.4) is 0 Å². The molecule has 2 aromatic heterocycles. The van der Waals surface area contributed by atoms with E-state index in [9.17, 15) is 0 Å². The van der Waals surface area contributed by atoms with Crippen LogP contribution in [-0.4, -0.2) is 15.0 Å². The summed E-state index contributed by atoms with van der Waals surface area (Å²) >= 11 is 0. The summed E-state index contributed by atoms with van der Waals surface area (Å²) in [5.74, 6) is 2.27. The summed E-state index contributed by atoms with van der Waals surface area (Å²) in [6.07, 6.45) is 1.87. The molecule has 0 fully saturated rings. The molecular formula is C50H31N3O. The van der Waals surface area contributed by atoms with Gasteiger partial charge in [0, 0.05) is 50.5 Å². The van der Waals surface area contributed by atoms with Gasteiger partial charge in [-0.3, -0.25) is 4.98 Å². The minimum atomic E-state index is -0.655. The molecule has 4 nitrogen and oxygen atoms in total. The standard InChI is InChI=1S/C50H31N3O/c1-3-15-32(16-4-1)44-31-45(53-49(52-44)34-17-5-2-6-18-34)39-25-13-29-43-48(39)54-47-38(37-23-11-19-33-20-14-30-51-46(33)37)24-12-28-42(47)50(43)40-26-9-7-21-35(40)36-22-8-10-27-41(36)50/h1-31H. The molecule has 252 valence electrons. The number of nitrogens with zero attached hydrogens (tertiary/aromatic N) is 3. The molecule has 0 bridgehead atoms. The van der Waals surface area contributed by atoms with Crippen LogP contribution < -0.4 is 4.74 Å². The van der Waals surface area contributed by atoms with Crippen molar-refractivity contribution in [2.75, 3.05) is 0 Å². The third kappa shape index (κ3) is 4.40. The van der Waals surface area contributed by atoms with Gasteiger partial charge in [-0.2, -0.15) is 0 Å². The zero-order chi connectivity index (χ0) is 35.6. The molecule has 0 N–H and O–H groups in total. The van der Waals surface area contributed by atoms with Gasteiger partial charge >= 0.3 is 0 Å². The fourth-order valence-corrected chi connectivity index (χ4v) is 8.74.